The molecule has 8 heteroatoms. The van der Waals surface area contributed by atoms with Gasteiger partial charge in [0.1, 0.15) is 0 Å². The van der Waals surface area contributed by atoms with E-state index >= 15 is 0 Å². The first-order chi connectivity index (χ1) is 13.0. The summed E-state index contributed by atoms with van der Waals surface area (Å²) in [4.78, 5) is 24.6. The quantitative estimate of drug-likeness (QED) is 0.865. The minimum absolute atomic E-state index is 0.0393. The van der Waals surface area contributed by atoms with Crippen molar-refractivity contribution < 1.29 is 13.6 Å². The summed E-state index contributed by atoms with van der Waals surface area (Å²) < 4.78 is 26.2. The van der Waals surface area contributed by atoms with Crippen molar-refractivity contribution >= 4 is 11.9 Å². The van der Waals surface area contributed by atoms with Crippen molar-refractivity contribution in [3.05, 3.63) is 53.4 Å². The van der Waals surface area contributed by atoms with E-state index in [1.54, 1.807) is 12.4 Å². The summed E-state index contributed by atoms with van der Waals surface area (Å²) in [7, 11) is 0. The highest BCUT2D eigenvalue weighted by molar-refractivity contribution is 5.76. The van der Waals surface area contributed by atoms with Crippen LogP contribution in [-0.4, -0.2) is 51.9 Å². The number of amides is 1. The van der Waals surface area contributed by atoms with Gasteiger partial charge < -0.3 is 10.6 Å². The fourth-order valence-corrected chi connectivity index (χ4v) is 3.19. The fourth-order valence-electron chi connectivity index (χ4n) is 3.19. The minimum Gasteiger partial charge on any atom is -0.368 e. The van der Waals surface area contributed by atoms with Gasteiger partial charge in [0.05, 0.1) is 0 Å². The zero-order valence-electron chi connectivity index (χ0n) is 15.1. The largest absolute Gasteiger partial charge is 0.368 e. The van der Waals surface area contributed by atoms with Crippen LogP contribution in [0.4, 0.5) is 14.7 Å². The van der Waals surface area contributed by atoms with Gasteiger partial charge in [-0.2, -0.15) is 0 Å². The molecule has 1 aliphatic rings. The zero-order valence-corrected chi connectivity index (χ0v) is 15.1. The highest BCUT2D eigenvalue weighted by Gasteiger charge is 2.19. The number of nitrogens with zero attached hydrogens (tertiary/aromatic N) is 4. The summed E-state index contributed by atoms with van der Waals surface area (Å²) in [5, 5.41) is 0. The number of carbonyl (C=O) groups excluding carboxylic acids is 1. The Kier molecular flexibility index (Phi) is 6.28. The highest BCUT2D eigenvalue weighted by atomic mass is 19.2. The van der Waals surface area contributed by atoms with Gasteiger partial charge in [-0.1, -0.05) is 6.07 Å². The lowest BCUT2D eigenvalue weighted by Crippen LogP contribution is -2.35. The van der Waals surface area contributed by atoms with Crippen LogP contribution in [0.25, 0.3) is 0 Å². The number of nitrogens with two attached hydrogens (primary N) is 1. The van der Waals surface area contributed by atoms with E-state index in [-0.39, 0.29) is 18.3 Å². The van der Waals surface area contributed by atoms with Crippen LogP contribution in [0.15, 0.2) is 30.6 Å². The van der Waals surface area contributed by atoms with Crippen molar-refractivity contribution in [3.63, 3.8) is 0 Å². The number of aryl methyl sites for hydroxylation is 1. The zero-order chi connectivity index (χ0) is 19.2. The van der Waals surface area contributed by atoms with Gasteiger partial charge in [-0.05, 0) is 30.5 Å². The van der Waals surface area contributed by atoms with Gasteiger partial charge in [0.15, 0.2) is 11.6 Å². The van der Waals surface area contributed by atoms with E-state index in [0.29, 0.717) is 25.1 Å². The van der Waals surface area contributed by atoms with Crippen LogP contribution in [0.3, 0.4) is 0 Å². The molecule has 0 saturated carbocycles. The summed E-state index contributed by atoms with van der Waals surface area (Å²) >= 11 is 0. The lowest BCUT2D eigenvalue weighted by Gasteiger charge is -2.22. The molecular weight excluding hydrogens is 352 g/mol. The fraction of sp³-hybridized carbons (Fsp3) is 0.421. The van der Waals surface area contributed by atoms with E-state index < -0.39 is 11.6 Å². The molecule has 1 amide bonds. The molecule has 0 aliphatic carbocycles. The third-order valence-electron chi connectivity index (χ3n) is 4.68. The van der Waals surface area contributed by atoms with Crippen LogP contribution >= 0.6 is 0 Å². The van der Waals surface area contributed by atoms with Crippen molar-refractivity contribution in [1.29, 1.82) is 0 Å². The molecule has 27 heavy (non-hydrogen) atoms. The predicted octanol–water partition coefficient (Wildman–Crippen LogP) is 2.00. The monoisotopic (exact) mass is 375 g/mol. The molecule has 2 N–H and O–H groups in total. The molecule has 1 fully saturated rings. The average molecular weight is 375 g/mol. The number of hydrogen-bond donors (Lipinski definition) is 1. The average Bonchev–Trinajstić information content (AvgIpc) is 2.90. The Hall–Kier alpha value is -2.61. The molecule has 1 saturated heterocycles. The number of halogens is 2. The number of benzene rings is 1. The third-order valence-corrected chi connectivity index (χ3v) is 4.68. The van der Waals surface area contributed by atoms with E-state index in [0.717, 1.165) is 43.8 Å². The van der Waals surface area contributed by atoms with Crippen molar-refractivity contribution in [2.24, 2.45) is 0 Å². The molecule has 1 aromatic heterocycles. The second-order valence-electron chi connectivity index (χ2n) is 6.71. The Morgan fingerprint density at radius 2 is 1.81 bits per heavy atom. The van der Waals surface area contributed by atoms with E-state index in [1.807, 2.05) is 4.90 Å². The van der Waals surface area contributed by atoms with Crippen molar-refractivity contribution in [2.75, 3.05) is 31.9 Å². The Balaban J connectivity index is 1.48. The second kappa shape index (κ2) is 8.85. The van der Waals surface area contributed by atoms with Gasteiger partial charge in [0.25, 0.3) is 0 Å². The first-order valence-electron chi connectivity index (χ1n) is 9.02. The normalized spacial score (nSPS) is 15.6. The molecule has 6 nitrogen and oxygen atoms in total. The summed E-state index contributed by atoms with van der Waals surface area (Å²) in [5.41, 5.74) is 7.12. The van der Waals surface area contributed by atoms with E-state index in [9.17, 15) is 13.6 Å². The first kappa shape index (κ1) is 19.2. The second-order valence-corrected chi connectivity index (χ2v) is 6.71. The standard InChI is InChI=1S/C19H23F2N5O/c20-16-4-2-14(10-17(16)21)3-5-18(27)26-7-1-6-25(8-9-26)13-15-11-23-19(22)24-12-15/h2,4,10-12H,1,3,5-9,13H2,(H2,22,23,24). The van der Waals surface area contributed by atoms with Gasteiger partial charge >= 0.3 is 0 Å². The van der Waals surface area contributed by atoms with Gasteiger partial charge in [-0.25, -0.2) is 18.7 Å². The highest BCUT2D eigenvalue weighted by Crippen LogP contribution is 2.13. The summed E-state index contributed by atoms with van der Waals surface area (Å²) in [5.74, 6) is -1.45. The Labute approximate surface area is 157 Å². The van der Waals surface area contributed by atoms with E-state index in [1.165, 1.54) is 6.07 Å². The Bertz CT molecular complexity index is 784. The lowest BCUT2D eigenvalue weighted by molar-refractivity contribution is -0.131. The molecule has 0 bridgehead atoms. The SMILES string of the molecule is Nc1ncc(CN2CCCN(C(=O)CCc3ccc(F)c(F)c3)CC2)cn1. The third kappa shape index (κ3) is 5.43. The van der Waals surface area contributed by atoms with Gasteiger partial charge in [-0.3, -0.25) is 9.69 Å². The van der Waals surface area contributed by atoms with Gasteiger partial charge in [0.2, 0.25) is 11.9 Å². The maximum absolute atomic E-state index is 13.3. The predicted molar refractivity (Wildman–Crippen MR) is 97.6 cm³/mol. The molecular formula is C19H23F2N5O. The summed E-state index contributed by atoms with van der Waals surface area (Å²) in [6.07, 6.45) is 5.01. The Morgan fingerprint density at radius 1 is 1.04 bits per heavy atom. The molecule has 2 heterocycles. The smallest absolute Gasteiger partial charge is 0.222 e. The lowest BCUT2D eigenvalue weighted by atomic mass is 10.1. The van der Waals surface area contributed by atoms with Gasteiger partial charge in [-0.15, -0.1) is 0 Å². The van der Waals surface area contributed by atoms with Crippen LogP contribution in [0.5, 0.6) is 0 Å². The molecule has 1 aliphatic heterocycles. The molecule has 144 valence electrons. The van der Waals surface area contributed by atoms with Crippen molar-refractivity contribution in [3.8, 4) is 0 Å². The molecule has 0 atom stereocenters. The Morgan fingerprint density at radius 3 is 2.56 bits per heavy atom. The van der Waals surface area contributed by atoms with Crippen molar-refractivity contribution in [2.45, 2.75) is 25.8 Å². The van der Waals surface area contributed by atoms with Crippen molar-refractivity contribution in [1.82, 2.24) is 19.8 Å². The summed E-state index contributed by atoms with van der Waals surface area (Å²) in [6.45, 7) is 3.72. The number of aromatic nitrogens is 2. The number of carbonyl (C=O) groups is 1. The number of anilines is 1. The minimum atomic E-state index is -0.878. The van der Waals surface area contributed by atoms with Gasteiger partial charge in [0, 0.05) is 57.1 Å². The molecule has 0 spiro atoms. The molecule has 2 aromatic rings. The number of nitrogen functional groups attached to an aromatic ring is 1. The van der Waals surface area contributed by atoms with Crippen LogP contribution in [0, 0.1) is 11.6 Å². The van der Waals surface area contributed by atoms with Crippen LogP contribution in [-0.2, 0) is 17.8 Å². The van der Waals surface area contributed by atoms with Crippen LogP contribution < -0.4 is 5.73 Å². The number of hydrogen-bond acceptors (Lipinski definition) is 5. The van der Waals surface area contributed by atoms with Crippen LogP contribution in [0.1, 0.15) is 24.0 Å². The first-order valence-corrected chi connectivity index (χ1v) is 9.02. The molecule has 0 unspecified atom stereocenters. The maximum atomic E-state index is 13.3. The van der Waals surface area contributed by atoms with E-state index in [2.05, 4.69) is 14.9 Å². The topological polar surface area (TPSA) is 75.3 Å². The molecule has 3 rings (SSSR count). The molecule has 1 aromatic carbocycles. The van der Waals surface area contributed by atoms with E-state index in [4.69, 9.17) is 5.73 Å². The number of rotatable bonds is 5. The summed E-state index contributed by atoms with van der Waals surface area (Å²) in [6, 6.07) is 3.77. The van der Waals surface area contributed by atoms with Crippen LogP contribution in [0.2, 0.25) is 0 Å². The maximum Gasteiger partial charge on any atom is 0.222 e. The molecule has 0 radical (unpaired) electrons.